The Hall–Kier alpha value is -2.29. The molecule has 1 aromatic heterocycles. The molecule has 4 rings (SSSR count). The monoisotopic (exact) mass is 674 g/mol. The third-order valence-corrected chi connectivity index (χ3v) is 5.87. The second-order valence-corrected chi connectivity index (χ2v) is 9.89. The third-order valence-electron chi connectivity index (χ3n) is 5.10. The van der Waals surface area contributed by atoms with Crippen LogP contribution in [0, 0.1) is 12.7 Å². The van der Waals surface area contributed by atoms with E-state index in [4.69, 9.17) is 14.8 Å². The standard InChI is InChI=1S/C22H25FN4O3S.C2H6O.W/c1-12-9-13(23)5-6-15(12)17-18(28)16-10-14(25-21(29)30-22(2,3)4)11-27(16)19(26-17)20-24-7-8-31-20;1-2-3;/h5-9,14,17,28H,10-11H2,1-4H3,(H,25,29);3H,2H2,1H3;. The van der Waals surface area contributed by atoms with Crippen LogP contribution in [0.4, 0.5) is 9.18 Å². The zero-order chi connectivity index (χ0) is 25.0. The number of aryl methyl sites for hydroxylation is 1. The average molecular weight is 674 g/mol. The van der Waals surface area contributed by atoms with Gasteiger partial charge in [0.2, 0.25) is 0 Å². The van der Waals surface area contributed by atoms with E-state index in [0.29, 0.717) is 35.1 Å². The van der Waals surface area contributed by atoms with Gasteiger partial charge in [0.05, 0.1) is 11.7 Å². The maximum atomic E-state index is 13.6. The van der Waals surface area contributed by atoms with Gasteiger partial charge in [-0.3, -0.25) is 0 Å². The molecule has 0 saturated carbocycles. The van der Waals surface area contributed by atoms with Crippen molar-refractivity contribution in [1.29, 1.82) is 0 Å². The number of hydrogen-bond donors (Lipinski definition) is 3. The minimum absolute atomic E-state index is 0. The summed E-state index contributed by atoms with van der Waals surface area (Å²) in [7, 11) is 0. The molecule has 2 unspecified atom stereocenters. The molecular formula is C24H31FN4O4SW. The average Bonchev–Trinajstić information content (AvgIpc) is 3.38. The van der Waals surface area contributed by atoms with Crippen molar-refractivity contribution in [1.82, 2.24) is 15.2 Å². The van der Waals surface area contributed by atoms with Gasteiger partial charge >= 0.3 is 6.09 Å². The number of thiazole rings is 1. The van der Waals surface area contributed by atoms with Gasteiger partial charge in [-0.2, -0.15) is 0 Å². The van der Waals surface area contributed by atoms with E-state index in [0.717, 1.165) is 5.56 Å². The van der Waals surface area contributed by atoms with Crippen LogP contribution in [-0.4, -0.2) is 56.8 Å². The molecule has 1 saturated heterocycles. The Bertz CT molecular complexity index is 1090. The summed E-state index contributed by atoms with van der Waals surface area (Å²) in [5, 5.41) is 24.1. The normalized spacial score (nSPS) is 19.2. The molecular weight excluding hydrogens is 643 g/mol. The van der Waals surface area contributed by atoms with E-state index in [-0.39, 0.29) is 45.3 Å². The molecule has 2 aliphatic rings. The first kappa shape index (κ1) is 28.9. The number of ether oxygens (including phenoxy) is 1. The number of halogens is 1. The molecule has 3 N–H and O–H groups in total. The fourth-order valence-corrected chi connectivity index (χ4v) is 4.49. The Labute approximate surface area is 223 Å². The second-order valence-electron chi connectivity index (χ2n) is 9.00. The van der Waals surface area contributed by atoms with E-state index < -0.39 is 17.7 Å². The molecule has 190 valence electrons. The van der Waals surface area contributed by atoms with Gasteiger partial charge in [-0.25, -0.2) is 19.2 Å². The molecule has 11 heteroatoms. The predicted molar refractivity (Wildman–Crippen MR) is 129 cm³/mol. The fourth-order valence-electron chi connectivity index (χ4n) is 3.84. The number of aromatic nitrogens is 1. The van der Waals surface area contributed by atoms with Crippen molar-refractivity contribution in [2.75, 3.05) is 13.2 Å². The smallest absolute Gasteiger partial charge is 0.407 e. The maximum absolute atomic E-state index is 13.6. The number of carbonyl (C=O) groups excluding carboxylic acids is 1. The SMILES string of the molecule is CCO.Cc1cc(F)ccc1C1N=C(c2nccs2)N2CC(NC(=O)OC(C)(C)C)CC2=C1O.[W]. The number of amidine groups is 1. The first-order valence-corrected chi connectivity index (χ1v) is 12.0. The zero-order valence-electron chi connectivity index (χ0n) is 20.4. The molecule has 2 aliphatic heterocycles. The number of hydrogen-bond acceptors (Lipinski definition) is 8. The minimum Gasteiger partial charge on any atom is -0.508 e. The summed E-state index contributed by atoms with van der Waals surface area (Å²) in [5.41, 5.74) is 1.50. The second kappa shape index (κ2) is 12.1. The summed E-state index contributed by atoms with van der Waals surface area (Å²) in [5.74, 6) is 0.394. The van der Waals surface area contributed by atoms with E-state index in [1.165, 1.54) is 23.5 Å². The van der Waals surface area contributed by atoms with Crippen molar-refractivity contribution in [3.8, 4) is 0 Å². The quantitative estimate of drug-likeness (QED) is 0.445. The summed E-state index contributed by atoms with van der Waals surface area (Å²) in [4.78, 5) is 23.4. The maximum Gasteiger partial charge on any atom is 0.407 e. The van der Waals surface area contributed by atoms with Crippen LogP contribution in [0.15, 0.2) is 46.2 Å². The summed E-state index contributed by atoms with van der Waals surface area (Å²) >= 11 is 1.45. The fraction of sp³-hybridized carbons (Fsp3) is 0.458. The minimum atomic E-state index is -0.661. The van der Waals surface area contributed by atoms with Crippen LogP contribution in [0.5, 0.6) is 0 Å². The Balaban J connectivity index is 0.00000103. The van der Waals surface area contributed by atoms with Gasteiger partial charge in [-0.05, 0) is 57.9 Å². The number of nitrogens with zero attached hydrogens (tertiary/aromatic N) is 3. The van der Waals surface area contributed by atoms with Gasteiger partial charge in [0.25, 0.3) is 0 Å². The first-order chi connectivity index (χ1) is 16.0. The molecule has 1 amide bonds. The molecule has 8 nitrogen and oxygen atoms in total. The summed E-state index contributed by atoms with van der Waals surface area (Å²) in [6.45, 7) is 9.58. The van der Waals surface area contributed by atoms with Gasteiger partial charge in [0.1, 0.15) is 23.2 Å². The van der Waals surface area contributed by atoms with Crippen LogP contribution in [0.2, 0.25) is 0 Å². The molecule has 0 aliphatic carbocycles. The number of benzene rings is 1. The zero-order valence-corrected chi connectivity index (χ0v) is 24.2. The van der Waals surface area contributed by atoms with Gasteiger partial charge in [-0.1, -0.05) is 6.07 Å². The van der Waals surface area contributed by atoms with E-state index >= 15 is 0 Å². The Morgan fingerprint density at radius 1 is 1.37 bits per heavy atom. The number of aliphatic hydroxyl groups excluding tert-OH is 2. The summed E-state index contributed by atoms with van der Waals surface area (Å²) in [6.07, 6.45) is 1.62. The van der Waals surface area contributed by atoms with Crippen molar-refractivity contribution < 1.29 is 45.2 Å². The Kier molecular flexibility index (Phi) is 10.0. The number of aliphatic imine (C=N–C) groups is 1. The van der Waals surface area contributed by atoms with E-state index in [1.807, 2.05) is 31.1 Å². The number of fused-ring (bicyclic) bond motifs is 1. The van der Waals surface area contributed by atoms with Crippen LogP contribution in [0.1, 0.15) is 56.3 Å². The van der Waals surface area contributed by atoms with Crippen molar-refractivity contribution in [2.45, 2.75) is 58.7 Å². The number of alkyl carbamates (subject to hydrolysis) is 1. The number of nitrogens with one attached hydrogen (secondary N) is 1. The van der Waals surface area contributed by atoms with E-state index in [2.05, 4.69) is 10.3 Å². The van der Waals surface area contributed by atoms with Crippen LogP contribution >= 0.6 is 11.3 Å². The van der Waals surface area contributed by atoms with Crippen LogP contribution in [0.25, 0.3) is 0 Å². The molecule has 2 aromatic rings. The first-order valence-electron chi connectivity index (χ1n) is 11.1. The van der Waals surface area contributed by atoms with Crippen molar-refractivity contribution in [3.63, 3.8) is 0 Å². The number of carbonyl (C=O) groups is 1. The van der Waals surface area contributed by atoms with Crippen LogP contribution in [-0.2, 0) is 25.8 Å². The molecule has 35 heavy (non-hydrogen) atoms. The third kappa shape index (κ3) is 7.12. The topological polar surface area (TPSA) is 107 Å². The Morgan fingerprint density at radius 2 is 2.06 bits per heavy atom. The van der Waals surface area contributed by atoms with Gasteiger partial charge in [0.15, 0.2) is 10.8 Å². The molecule has 3 heterocycles. The molecule has 0 radical (unpaired) electrons. The Morgan fingerprint density at radius 3 is 2.63 bits per heavy atom. The van der Waals surface area contributed by atoms with E-state index in [9.17, 15) is 14.3 Å². The number of aliphatic hydroxyl groups is 2. The van der Waals surface area contributed by atoms with Crippen molar-refractivity contribution >= 4 is 23.3 Å². The van der Waals surface area contributed by atoms with Crippen LogP contribution < -0.4 is 5.32 Å². The number of rotatable bonds is 3. The molecule has 2 atom stereocenters. The van der Waals surface area contributed by atoms with Gasteiger partial charge < -0.3 is 25.2 Å². The number of amides is 1. The van der Waals surface area contributed by atoms with Crippen LogP contribution in [0.3, 0.4) is 0 Å². The molecule has 1 aromatic carbocycles. The molecule has 0 spiro atoms. The van der Waals surface area contributed by atoms with Crippen molar-refractivity contribution in [2.24, 2.45) is 4.99 Å². The largest absolute Gasteiger partial charge is 0.508 e. The molecule has 0 bridgehead atoms. The van der Waals surface area contributed by atoms with Gasteiger partial charge in [-0.15, -0.1) is 11.3 Å². The molecule has 1 fully saturated rings. The predicted octanol–water partition coefficient (Wildman–Crippen LogP) is 4.46. The van der Waals surface area contributed by atoms with E-state index in [1.54, 1.807) is 26.1 Å². The van der Waals surface area contributed by atoms with Gasteiger partial charge in [0, 0.05) is 52.2 Å². The summed E-state index contributed by atoms with van der Waals surface area (Å²) in [6, 6.07) is 3.53. The summed E-state index contributed by atoms with van der Waals surface area (Å²) < 4.78 is 19.0. The van der Waals surface area contributed by atoms with Crippen molar-refractivity contribution in [3.05, 3.63) is 63.2 Å².